The quantitative estimate of drug-likeness (QED) is 0.644. The van der Waals surface area contributed by atoms with Gasteiger partial charge in [-0.25, -0.2) is 4.79 Å². The highest BCUT2D eigenvalue weighted by Crippen LogP contribution is 2.12. The minimum absolute atomic E-state index is 0.208. The zero-order chi connectivity index (χ0) is 14.2. The van der Waals surface area contributed by atoms with Crippen LogP contribution in [-0.2, 0) is 9.53 Å². The molecule has 0 radical (unpaired) electrons. The van der Waals surface area contributed by atoms with Gasteiger partial charge < -0.3 is 9.84 Å². The minimum Gasteiger partial charge on any atom is -0.478 e. The number of hydrogen-bond donors (Lipinski definition) is 1. The molecule has 0 bridgehead atoms. The maximum absolute atomic E-state index is 10.3. The van der Waals surface area contributed by atoms with Crippen LogP contribution in [0.4, 0.5) is 0 Å². The highest BCUT2D eigenvalue weighted by Gasteiger charge is 2.20. The van der Waals surface area contributed by atoms with Gasteiger partial charge in [-0.15, -0.1) is 0 Å². The van der Waals surface area contributed by atoms with Crippen LogP contribution in [0.15, 0.2) is 12.2 Å². The number of carboxylic acids is 1. The first-order valence-corrected chi connectivity index (χ1v) is 6.45. The van der Waals surface area contributed by atoms with E-state index in [1.165, 1.54) is 6.08 Å². The predicted octanol–water partition coefficient (Wildman–Crippen LogP) is 2.40. The van der Waals surface area contributed by atoms with Crippen molar-refractivity contribution in [2.24, 2.45) is 5.92 Å². The SMILES string of the molecule is CC(C)CCOC(C)(C)CN(C)C/C=C/C(=O)O. The Kier molecular flexibility index (Phi) is 7.87. The van der Waals surface area contributed by atoms with Gasteiger partial charge in [-0.2, -0.15) is 0 Å². The van der Waals surface area contributed by atoms with E-state index in [-0.39, 0.29) is 5.60 Å². The van der Waals surface area contributed by atoms with E-state index in [2.05, 4.69) is 32.6 Å². The summed E-state index contributed by atoms with van der Waals surface area (Å²) in [5, 5.41) is 8.50. The second-order valence-electron chi connectivity index (χ2n) is 5.73. The molecule has 18 heavy (non-hydrogen) atoms. The maximum atomic E-state index is 10.3. The summed E-state index contributed by atoms with van der Waals surface area (Å²) >= 11 is 0. The summed E-state index contributed by atoms with van der Waals surface area (Å²) in [6.07, 6.45) is 3.88. The highest BCUT2D eigenvalue weighted by molar-refractivity contribution is 5.79. The van der Waals surface area contributed by atoms with Crippen molar-refractivity contribution < 1.29 is 14.6 Å². The fraction of sp³-hybridized carbons (Fsp3) is 0.786. The molecule has 0 saturated carbocycles. The molecule has 0 rings (SSSR count). The molecule has 0 aliphatic rings. The van der Waals surface area contributed by atoms with Crippen molar-refractivity contribution in [3.63, 3.8) is 0 Å². The first-order chi connectivity index (χ1) is 8.23. The lowest BCUT2D eigenvalue weighted by atomic mass is 10.1. The number of nitrogens with zero attached hydrogens (tertiary/aromatic N) is 1. The van der Waals surface area contributed by atoms with Gasteiger partial charge in [0.25, 0.3) is 0 Å². The number of carboxylic acid groups (broad SMARTS) is 1. The van der Waals surface area contributed by atoms with Crippen LogP contribution in [0.25, 0.3) is 0 Å². The average Bonchev–Trinajstić information content (AvgIpc) is 2.14. The van der Waals surface area contributed by atoms with E-state index in [4.69, 9.17) is 9.84 Å². The Bertz CT molecular complexity index is 272. The molecule has 0 aliphatic heterocycles. The standard InChI is InChI=1S/C14H27NO3/c1-12(2)8-10-18-14(3,4)11-15(5)9-6-7-13(16)17/h6-7,12H,8-11H2,1-5H3,(H,16,17)/b7-6+. The molecule has 1 N–H and O–H groups in total. The minimum atomic E-state index is -0.907. The molecule has 0 aromatic rings. The molecule has 4 nitrogen and oxygen atoms in total. The first kappa shape index (κ1) is 17.1. The molecule has 0 fully saturated rings. The normalized spacial score (nSPS) is 12.8. The fourth-order valence-electron chi connectivity index (χ4n) is 1.66. The first-order valence-electron chi connectivity index (χ1n) is 6.45. The predicted molar refractivity (Wildman–Crippen MR) is 73.8 cm³/mol. The maximum Gasteiger partial charge on any atom is 0.328 e. The van der Waals surface area contributed by atoms with Gasteiger partial charge in [0, 0.05) is 25.8 Å². The van der Waals surface area contributed by atoms with Gasteiger partial charge >= 0.3 is 5.97 Å². The van der Waals surface area contributed by atoms with Crippen LogP contribution in [0.1, 0.15) is 34.1 Å². The Morgan fingerprint density at radius 3 is 2.56 bits per heavy atom. The Labute approximate surface area is 111 Å². The lowest BCUT2D eigenvalue weighted by Gasteiger charge is -2.30. The van der Waals surface area contributed by atoms with Crippen molar-refractivity contribution in [2.45, 2.75) is 39.7 Å². The Morgan fingerprint density at radius 1 is 1.44 bits per heavy atom. The van der Waals surface area contributed by atoms with Crippen molar-refractivity contribution in [3.05, 3.63) is 12.2 Å². The third-order valence-corrected chi connectivity index (χ3v) is 2.52. The summed E-state index contributed by atoms with van der Waals surface area (Å²) in [4.78, 5) is 12.4. The molecule has 0 spiro atoms. The van der Waals surface area contributed by atoms with Crippen LogP contribution in [-0.4, -0.2) is 48.3 Å². The third-order valence-electron chi connectivity index (χ3n) is 2.52. The van der Waals surface area contributed by atoms with Crippen molar-refractivity contribution in [3.8, 4) is 0 Å². The molecule has 0 saturated heterocycles. The van der Waals surface area contributed by atoms with Crippen LogP contribution in [0.5, 0.6) is 0 Å². The smallest absolute Gasteiger partial charge is 0.328 e. The number of hydrogen-bond acceptors (Lipinski definition) is 3. The van der Waals surface area contributed by atoms with Crippen molar-refractivity contribution >= 4 is 5.97 Å². The second-order valence-corrected chi connectivity index (χ2v) is 5.73. The summed E-state index contributed by atoms with van der Waals surface area (Å²) in [5.74, 6) is -0.257. The lowest BCUT2D eigenvalue weighted by molar-refractivity contribution is -0.131. The van der Waals surface area contributed by atoms with E-state index >= 15 is 0 Å². The second kappa shape index (κ2) is 8.27. The highest BCUT2D eigenvalue weighted by atomic mass is 16.5. The van der Waals surface area contributed by atoms with Crippen LogP contribution >= 0.6 is 0 Å². The number of carbonyl (C=O) groups is 1. The topological polar surface area (TPSA) is 49.8 Å². The lowest BCUT2D eigenvalue weighted by Crippen LogP contribution is -2.39. The van der Waals surface area contributed by atoms with E-state index in [1.807, 2.05) is 7.05 Å². The van der Waals surface area contributed by atoms with E-state index < -0.39 is 5.97 Å². The van der Waals surface area contributed by atoms with Crippen molar-refractivity contribution in [1.29, 1.82) is 0 Å². The van der Waals surface area contributed by atoms with Crippen LogP contribution < -0.4 is 0 Å². The van der Waals surface area contributed by atoms with Gasteiger partial charge in [-0.1, -0.05) is 19.9 Å². The number of rotatable bonds is 9. The molecular formula is C14H27NO3. The van der Waals surface area contributed by atoms with Gasteiger partial charge in [-0.3, -0.25) is 4.90 Å². The van der Waals surface area contributed by atoms with Crippen LogP contribution in [0, 0.1) is 5.92 Å². The van der Waals surface area contributed by atoms with Crippen LogP contribution in [0.3, 0.4) is 0 Å². The van der Waals surface area contributed by atoms with E-state index in [9.17, 15) is 4.79 Å². The summed E-state index contributed by atoms with van der Waals surface area (Å²) in [6, 6.07) is 0. The largest absolute Gasteiger partial charge is 0.478 e. The molecule has 0 unspecified atom stereocenters. The number of ether oxygens (including phenoxy) is 1. The fourth-order valence-corrected chi connectivity index (χ4v) is 1.66. The third kappa shape index (κ3) is 10.3. The van der Waals surface area contributed by atoms with Gasteiger partial charge in [-0.05, 0) is 33.2 Å². The van der Waals surface area contributed by atoms with Crippen LogP contribution in [0.2, 0.25) is 0 Å². The monoisotopic (exact) mass is 257 g/mol. The summed E-state index contributed by atoms with van der Waals surface area (Å²) in [6.45, 7) is 10.6. The molecule has 106 valence electrons. The van der Waals surface area contributed by atoms with Gasteiger partial charge in [0.15, 0.2) is 0 Å². The number of aliphatic carboxylic acids is 1. The van der Waals surface area contributed by atoms with Crippen molar-refractivity contribution in [1.82, 2.24) is 4.90 Å². The Morgan fingerprint density at radius 2 is 2.06 bits per heavy atom. The molecule has 0 aliphatic carbocycles. The molecule has 0 amide bonds. The van der Waals surface area contributed by atoms with Gasteiger partial charge in [0.2, 0.25) is 0 Å². The molecule has 0 aromatic heterocycles. The molecule has 4 heteroatoms. The van der Waals surface area contributed by atoms with E-state index in [1.54, 1.807) is 6.08 Å². The molecule has 0 aromatic carbocycles. The Balaban J connectivity index is 3.95. The number of likely N-dealkylation sites (N-methyl/N-ethyl adjacent to an activating group) is 1. The van der Waals surface area contributed by atoms with Crippen molar-refractivity contribution in [2.75, 3.05) is 26.7 Å². The summed E-state index contributed by atoms with van der Waals surface area (Å²) < 4.78 is 5.86. The van der Waals surface area contributed by atoms with Gasteiger partial charge in [0.1, 0.15) is 0 Å². The van der Waals surface area contributed by atoms with Gasteiger partial charge in [0.05, 0.1) is 5.60 Å². The van der Waals surface area contributed by atoms with E-state index in [0.29, 0.717) is 12.5 Å². The summed E-state index contributed by atoms with van der Waals surface area (Å²) in [5.41, 5.74) is -0.208. The molecular weight excluding hydrogens is 230 g/mol. The summed E-state index contributed by atoms with van der Waals surface area (Å²) in [7, 11) is 1.96. The Hall–Kier alpha value is -0.870. The average molecular weight is 257 g/mol. The molecule has 0 atom stereocenters. The molecule has 0 heterocycles. The zero-order valence-electron chi connectivity index (χ0n) is 12.3. The zero-order valence-corrected chi connectivity index (χ0v) is 12.3. The van der Waals surface area contributed by atoms with E-state index in [0.717, 1.165) is 19.6 Å².